The third kappa shape index (κ3) is 6.97. The number of nitrogens with zero attached hydrogens (tertiary/aromatic N) is 1. The summed E-state index contributed by atoms with van der Waals surface area (Å²) in [5.41, 5.74) is 0. The molecule has 0 aliphatic rings. The van der Waals surface area contributed by atoms with E-state index in [-0.39, 0.29) is 11.5 Å². The number of carbonyl (C=O) groups is 1. The first-order valence-corrected chi connectivity index (χ1v) is 4.22. The molecule has 0 saturated carbocycles. The van der Waals surface area contributed by atoms with Crippen LogP contribution in [0.15, 0.2) is 36.4 Å². The van der Waals surface area contributed by atoms with Gasteiger partial charge in [-0.25, -0.2) is 4.79 Å². The molecule has 0 aromatic heterocycles. The van der Waals surface area contributed by atoms with Crippen molar-refractivity contribution in [3.63, 3.8) is 0 Å². The van der Waals surface area contributed by atoms with Crippen LogP contribution in [0.3, 0.4) is 0 Å². The Hall–Kier alpha value is -2.48. The average Bonchev–Trinajstić information content (AvgIpc) is 2.30. The number of allylic oxidation sites excluding steroid dienone is 1. The average molecular weight is 221 g/mol. The van der Waals surface area contributed by atoms with Crippen molar-refractivity contribution in [1.82, 2.24) is 0 Å². The molecular formula is C11H11NO4. The number of rotatable bonds is 1. The van der Waals surface area contributed by atoms with Crippen molar-refractivity contribution in [2.24, 2.45) is 0 Å². The number of phenolic OH excluding ortho intramolecular Hbond substituents is 2. The normalized spacial score (nSPS) is 8.75. The second-order valence-corrected chi connectivity index (χ2v) is 2.50. The maximum Gasteiger partial charge on any atom is 0.331 e. The number of benzene rings is 1. The number of ether oxygens (including phenoxy) is 1. The van der Waals surface area contributed by atoms with Crippen molar-refractivity contribution in [1.29, 1.82) is 5.26 Å². The van der Waals surface area contributed by atoms with E-state index in [0.29, 0.717) is 0 Å². The molecule has 0 amide bonds. The van der Waals surface area contributed by atoms with Gasteiger partial charge in [0.05, 0.1) is 13.2 Å². The Morgan fingerprint density at radius 2 is 1.75 bits per heavy atom. The summed E-state index contributed by atoms with van der Waals surface area (Å²) < 4.78 is 4.18. The van der Waals surface area contributed by atoms with Crippen molar-refractivity contribution in [3.8, 4) is 17.6 Å². The smallest absolute Gasteiger partial charge is 0.331 e. The van der Waals surface area contributed by atoms with Gasteiger partial charge in [0.25, 0.3) is 0 Å². The fourth-order valence-corrected chi connectivity index (χ4v) is 0.626. The maximum atomic E-state index is 10.1. The van der Waals surface area contributed by atoms with Crippen LogP contribution in [0.2, 0.25) is 0 Å². The molecule has 0 bridgehead atoms. The summed E-state index contributed by atoms with van der Waals surface area (Å²) in [6, 6.07) is 7.36. The second-order valence-electron chi connectivity index (χ2n) is 2.50. The van der Waals surface area contributed by atoms with Crippen LogP contribution in [0, 0.1) is 11.3 Å². The summed E-state index contributed by atoms with van der Waals surface area (Å²) in [6.45, 7) is 0. The molecule has 0 spiro atoms. The zero-order valence-electron chi connectivity index (χ0n) is 8.62. The molecule has 1 rings (SSSR count). The Morgan fingerprint density at radius 3 is 2.06 bits per heavy atom. The summed E-state index contributed by atoms with van der Waals surface area (Å²) >= 11 is 0. The van der Waals surface area contributed by atoms with Gasteiger partial charge >= 0.3 is 5.97 Å². The predicted octanol–water partition coefficient (Wildman–Crippen LogP) is 1.34. The molecule has 1 aromatic carbocycles. The quantitative estimate of drug-likeness (QED) is 0.323. The van der Waals surface area contributed by atoms with Crippen LogP contribution < -0.4 is 0 Å². The van der Waals surface area contributed by atoms with Crippen LogP contribution in [0.5, 0.6) is 11.5 Å². The number of nitriles is 1. The van der Waals surface area contributed by atoms with Crippen LogP contribution in [-0.4, -0.2) is 23.3 Å². The van der Waals surface area contributed by atoms with Crippen LogP contribution in [0.4, 0.5) is 0 Å². The Morgan fingerprint density at radius 1 is 1.31 bits per heavy atom. The number of methoxy groups -OCH3 is 1. The van der Waals surface area contributed by atoms with Crippen LogP contribution in [0.1, 0.15) is 0 Å². The monoisotopic (exact) mass is 221 g/mol. The van der Waals surface area contributed by atoms with Crippen molar-refractivity contribution in [2.45, 2.75) is 0 Å². The van der Waals surface area contributed by atoms with Gasteiger partial charge in [-0.3, -0.25) is 0 Å². The van der Waals surface area contributed by atoms with Gasteiger partial charge in [0, 0.05) is 12.2 Å². The fourth-order valence-electron chi connectivity index (χ4n) is 0.626. The van der Waals surface area contributed by atoms with E-state index in [2.05, 4.69) is 4.74 Å². The van der Waals surface area contributed by atoms with E-state index in [1.807, 2.05) is 0 Å². The van der Waals surface area contributed by atoms with Crippen molar-refractivity contribution >= 4 is 5.97 Å². The molecule has 0 heterocycles. The Labute approximate surface area is 92.8 Å². The molecule has 0 aliphatic carbocycles. The van der Waals surface area contributed by atoms with Crippen molar-refractivity contribution < 1.29 is 19.7 Å². The predicted molar refractivity (Wildman–Crippen MR) is 56.5 cm³/mol. The summed E-state index contributed by atoms with van der Waals surface area (Å²) in [7, 11) is 1.25. The third-order valence-electron chi connectivity index (χ3n) is 1.34. The Bertz CT molecular complexity index is 368. The molecule has 1 aromatic rings. The molecular weight excluding hydrogens is 210 g/mol. The van der Waals surface area contributed by atoms with E-state index in [9.17, 15) is 4.79 Å². The summed E-state index contributed by atoms with van der Waals surface area (Å²) in [5, 5.41) is 25.2. The van der Waals surface area contributed by atoms with Crippen molar-refractivity contribution in [3.05, 3.63) is 36.4 Å². The molecule has 2 N–H and O–H groups in total. The lowest BCUT2D eigenvalue weighted by molar-refractivity contribution is -0.134. The largest absolute Gasteiger partial charge is 0.508 e. The first kappa shape index (κ1) is 13.5. The summed E-state index contributed by atoms with van der Waals surface area (Å²) in [5.74, 6) is -0.169. The Balaban J connectivity index is 0.000000281. The maximum absolute atomic E-state index is 10.1. The minimum Gasteiger partial charge on any atom is -0.508 e. The van der Waals surface area contributed by atoms with Gasteiger partial charge < -0.3 is 14.9 Å². The second kappa shape index (κ2) is 7.88. The minimum absolute atomic E-state index is 0.169. The van der Waals surface area contributed by atoms with E-state index in [4.69, 9.17) is 15.5 Å². The topological polar surface area (TPSA) is 90.6 Å². The SMILES string of the molecule is COC(=O)C=CC#N.Oc1ccc(O)cc1. The van der Waals surface area contributed by atoms with Crippen LogP contribution in [-0.2, 0) is 9.53 Å². The van der Waals surface area contributed by atoms with E-state index in [0.717, 1.165) is 12.2 Å². The standard InChI is InChI=1S/C6H6O2.C5H5NO2/c7-5-1-2-6(8)4-3-5;1-8-5(7)3-2-4-6/h1-4,7-8H;2-3H,1H3. The van der Waals surface area contributed by atoms with Gasteiger partial charge in [-0.15, -0.1) is 0 Å². The number of aromatic hydroxyl groups is 2. The zero-order chi connectivity index (χ0) is 12.4. The van der Waals surface area contributed by atoms with Gasteiger partial charge in [-0.1, -0.05) is 0 Å². The minimum atomic E-state index is -0.508. The van der Waals surface area contributed by atoms with Gasteiger partial charge in [0.2, 0.25) is 0 Å². The van der Waals surface area contributed by atoms with Crippen molar-refractivity contribution in [2.75, 3.05) is 7.11 Å². The highest BCUT2D eigenvalue weighted by Gasteiger charge is 1.86. The molecule has 16 heavy (non-hydrogen) atoms. The van der Waals surface area contributed by atoms with E-state index in [1.165, 1.54) is 31.4 Å². The third-order valence-corrected chi connectivity index (χ3v) is 1.34. The molecule has 0 unspecified atom stereocenters. The lowest BCUT2D eigenvalue weighted by Crippen LogP contribution is -1.92. The summed E-state index contributed by atoms with van der Waals surface area (Å²) in [6.07, 6.45) is 2.12. The van der Waals surface area contributed by atoms with Crippen LogP contribution in [0.25, 0.3) is 0 Å². The van der Waals surface area contributed by atoms with Gasteiger partial charge in [-0.05, 0) is 24.3 Å². The lowest BCUT2D eigenvalue weighted by Gasteiger charge is -1.88. The molecule has 0 radical (unpaired) electrons. The molecule has 5 nitrogen and oxygen atoms in total. The number of hydrogen-bond acceptors (Lipinski definition) is 5. The van der Waals surface area contributed by atoms with Gasteiger partial charge in [0.1, 0.15) is 11.5 Å². The van der Waals surface area contributed by atoms with E-state index < -0.39 is 5.97 Å². The van der Waals surface area contributed by atoms with Gasteiger partial charge in [0.15, 0.2) is 0 Å². The van der Waals surface area contributed by atoms with E-state index in [1.54, 1.807) is 6.07 Å². The molecule has 0 aliphatic heterocycles. The number of carbonyl (C=O) groups excluding carboxylic acids is 1. The molecule has 84 valence electrons. The molecule has 0 atom stereocenters. The van der Waals surface area contributed by atoms with Crippen LogP contribution >= 0.6 is 0 Å². The zero-order valence-corrected chi connectivity index (χ0v) is 8.62. The fraction of sp³-hybridized carbons (Fsp3) is 0.0909. The number of hydrogen-bond donors (Lipinski definition) is 2. The highest BCUT2D eigenvalue weighted by Crippen LogP contribution is 2.13. The molecule has 0 saturated heterocycles. The summed E-state index contributed by atoms with van der Waals surface area (Å²) in [4.78, 5) is 10.1. The number of esters is 1. The molecule has 0 fully saturated rings. The van der Waals surface area contributed by atoms with Gasteiger partial charge in [-0.2, -0.15) is 5.26 Å². The molecule has 5 heteroatoms. The number of phenols is 2. The highest BCUT2D eigenvalue weighted by molar-refractivity contribution is 5.82. The van der Waals surface area contributed by atoms with E-state index >= 15 is 0 Å². The first-order chi connectivity index (χ1) is 7.60. The Kier molecular flexibility index (Phi) is 6.66. The first-order valence-electron chi connectivity index (χ1n) is 4.22. The lowest BCUT2D eigenvalue weighted by atomic mass is 10.3. The highest BCUT2D eigenvalue weighted by atomic mass is 16.5.